The first-order chi connectivity index (χ1) is 16.6. The lowest BCUT2D eigenvalue weighted by molar-refractivity contribution is 0.0950. The molecule has 0 fully saturated rings. The second-order valence-corrected chi connectivity index (χ2v) is 10.3. The molecule has 0 bridgehead atoms. The number of benzene rings is 3. The lowest BCUT2D eigenvalue weighted by Gasteiger charge is -2.13. The topological polar surface area (TPSA) is 93.1 Å². The van der Waals surface area contributed by atoms with Gasteiger partial charge in [-0.05, 0) is 79.9 Å². The Balaban J connectivity index is 1.47. The number of nitrogens with zero attached hydrogens (tertiary/aromatic N) is 2. The van der Waals surface area contributed by atoms with Gasteiger partial charge in [0.25, 0.3) is 15.9 Å². The standard InChI is InChI=1S/C26H25ClN4O3S/c1-17-4-8-22(14-18(17)2)30-35(33,34)25-15-21(7-11-24(25)27)26(32)29-16-20-5-9-23(10-6-20)31-13-12-28-19(31)3/h4-15,30H,16H2,1-3H3,(H,29,32). The maximum absolute atomic E-state index is 13.0. The normalized spacial score (nSPS) is 11.3. The molecule has 4 aromatic rings. The van der Waals surface area contributed by atoms with E-state index in [0.29, 0.717) is 5.69 Å². The molecule has 1 aromatic heterocycles. The van der Waals surface area contributed by atoms with Crippen LogP contribution in [0.15, 0.2) is 78.0 Å². The van der Waals surface area contributed by atoms with Crippen molar-refractivity contribution in [1.82, 2.24) is 14.9 Å². The third-order valence-electron chi connectivity index (χ3n) is 5.74. The number of rotatable bonds is 7. The number of carbonyl (C=O) groups excluding carboxylic acids is 1. The van der Waals surface area contributed by atoms with Crippen molar-refractivity contribution in [2.45, 2.75) is 32.2 Å². The molecule has 7 nitrogen and oxygen atoms in total. The van der Waals surface area contributed by atoms with Gasteiger partial charge in [0.1, 0.15) is 10.7 Å². The largest absolute Gasteiger partial charge is 0.348 e. The number of aromatic nitrogens is 2. The lowest BCUT2D eigenvalue weighted by atomic mass is 10.1. The minimum absolute atomic E-state index is 0.0308. The number of sulfonamides is 1. The third-order valence-corrected chi connectivity index (χ3v) is 7.60. The van der Waals surface area contributed by atoms with E-state index in [4.69, 9.17) is 11.6 Å². The van der Waals surface area contributed by atoms with E-state index in [9.17, 15) is 13.2 Å². The van der Waals surface area contributed by atoms with Crippen LogP contribution in [0.3, 0.4) is 0 Å². The van der Waals surface area contributed by atoms with E-state index in [1.165, 1.54) is 18.2 Å². The summed E-state index contributed by atoms with van der Waals surface area (Å²) in [5.41, 5.74) is 4.50. The summed E-state index contributed by atoms with van der Waals surface area (Å²) in [5, 5.41) is 2.86. The van der Waals surface area contributed by atoms with Crippen LogP contribution in [-0.2, 0) is 16.6 Å². The highest BCUT2D eigenvalue weighted by atomic mass is 35.5. The molecular formula is C26H25ClN4O3S. The molecule has 0 unspecified atom stereocenters. The molecule has 0 spiro atoms. The van der Waals surface area contributed by atoms with Gasteiger partial charge in [-0.3, -0.25) is 9.52 Å². The molecule has 0 radical (unpaired) electrons. The molecule has 0 saturated heterocycles. The molecule has 9 heteroatoms. The summed E-state index contributed by atoms with van der Waals surface area (Å²) in [6.07, 6.45) is 3.62. The van der Waals surface area contributed by atoms with Crippen LogP contribution in [0.25, 0.3) is 5.69 Å². The number of anilines is 1. The average Bonchev–Trinajstić information content (AvgIpc) is 3.26. The fraction of sp³-hybridized carbons (Fsp3) is 0.154. The van der Waals surface area contributed by atoms with E-state index in [-0.39, 0.29) is 22.0 Å². The van der Waals surface area contributed by atoms with Gasteiger partial charge in [-0.1, -0.05) is 29.8 Å². The zero-order valence-corrected chi connectivity index (χ0v) is 21.1. The van der Waals surface area contributed by atoms with E-state index in [0.717, 1.165) is 28.2 Å². The molecule has 0 atom stereocenters. The van der Waals surface area contributed by atoms with Gasteiger partial charge in [-0.25, -0.2) is 13.4 Å². The third kappa shape index (κ3) is 5.55. The van der Waals surface area contributed by atoms with Crippen LogP contribution in [0.2, 0.25) is 5.02 Å². The molecule has 0 aliphatic heterocycles. The second kappa shape index (κ2) is 9.93. The van der Waals surface area contributed by atoms with Crippen molar-refractivity contribution in [1.29, 1.82) is 0 Å². The Bertz CT molecular complexity index is 1500. The zero-order chi connectivity index (χ0) is 25.2. The number of halogens is 1. The van der Waals surface area contributed by atoms with Gasteiger partial charge in [0.15, 0.2) is 0 Å². The van der Waals surface area contributed by atoms with Gasteiger partial charge in [0.2, 0.25) is 0 Å². The smallest absolute Gasteiger partial charge is 0.263 e. The molecule has 0 saturated carbocycles. The Morgan fingerprint density at radius 3 is 2.37 bits per heavy atom. The highest BCUT2D eigenvalue weighted by Crippen LogP contribution is 2.26. The summed E-state index contributed by atoms with van der Waals surface area (Å²) in [6.45, 7) is 6.05. The summed E-state index contributed by atoms with van der Waals surface area (Å²) in [6, 6.07) is 17.2. The molecule has 1 amide bonds. The van der Waals surface area contributed by atoms with Crippen LogP contribution < -0.4 is 10.0 Å². The number of imidazole rings is 1. The molecular weight excluding hydrogens is 484 g/mol. The Morgan fingerprint density at radius 1 is 0.971 bits per heavy atom. The van der Waals surface area contributed by atoms with E-state index in [1.54, 1.807) is 18.3 Å². The molecule has 35 heavy (non-hydrogen) atoms. The van der Waals surface area contributed by atoms with Gasteiger partial charge >= 0.3 is 0 Å². The van der Waals surface area contributed by atoms with Crippen molar-refractivity contribution in [2.75, 3.05) is 4.72 Å². The van der Waals surface area contributed by atoms with Crippen LogP contribution in [0.5, 0.6) is 0 Å². The first-order valence-corrected chi connectivity index (χ1v) is 12.8. The lowest BCUT2D eigenvalue weighted by Crippen LogP contribution is -2.23. The summed E-state index contributed by atoms with van der Waals surface area (Å²) < 4.78 is 30.5. The number of aryl methyl sites for hydroxylation is 3. The maximum Gasteiger partial charge on any atom is 0.263 e. The fourth-order valence-electron chi connectivity index (χ4n) is 3.58. The van der Waals surface area contributed by atoms with Gasteiger partial charge in [0.05, 0.1) is 5.02 Å². The highest BCUT2D eigenvalue weighted by Gasteiger charge is 2.21. The molecule has 2 N–H and O–H groups in total. The maximum atomic E-state index is 13.0. The van der Waals surface area contributed by atoms with Gasteiger partial charge in [0, 0.05) is 35.9 Å². The van der Waals surface area contributed by atoms with Crippen LogP contribution in [-0.4, -0.2) is 23.9 Å². The van der Waals surface area contributed by atoms with Gasteiger partial charge < -0.3 is 9.88 Å². The monoisotopic (exact) mass is 508 g/mol. The molecule has 4 rings (SSSR count). The van der Waals surface area contributed by atoms with Gasteiger partial charge in [-0.2, -0.15) is 0 Å². The first-order valence-electron chi connectivity index (χ1n) is 10.9. The van der Waals surface area contributed by atoms with Crippen molar-refractivity contribution < 1.29 is 13.2 Å². The number of hydrogen-bond acceptors (Lipinski definition) is 4. The molecule has 1 heterocycles. The van der Waals surface area contributed by atoms with Crippen LogP contribution in [0.1, 0.15) is 32.9 Å². The van der Waals surface area contributed by atoms with Crippen LogP contribution in [0, 0.1) is 20.8 Å². The Morgan fingerprint density at radius 2 is 1.71 bits per heavy atom. The Labute approximate surface area is 209 Å². The number of carbonyl (C=O) groups is 1. The molecule has 3 aromatic carbocycles. The van der Waals surface area contributed by atoms with E-state index >= 15 is 0 Å². The SMILES string of the molecule is Cc1ccc(NS(=O)(=O)c2cc(C(=O)NCc3ccc(-n4ccnc4C)cc3)ccc2Cl)cc1C. The second-order valence-electron chi connectivity index (χ2n) is 8.24. The number of hydrogen-bond donors (Lipinski definition) is 2. The summed E-state index contributed by atoms with van der Waals surface area (Å²) in [4.78, 5) is 16.8. The van der Waals surface area contributed by atoms with Crippen LogP contribution in [0.4, 0.5) is 5.69 Å². The van der Waals surface area contributed by atoms with Crippen molar-refractivity contribution in [2.24, 2.45) is 0 Å². The minimum Gasteiger partial charge on any atom is -0.348 e. The summed E-state index contributed by atoms with van der Waals surface area (Å²) >= 11 is 6.19. The molecule has 180 valence electrons. The Kier molecular flexibility index (Phi) is 6.95. The summed E-state index contributed by atoms with van der Waals surface area (Å²) in [7, 11) is -4.00. The fourth-order valence-corrected chi connectivity index (χ4v) is 5.15. The van der Waals surface area contributed by atoms with E-state index < -0.39 is 15.9 Å². The van der Waals surface area contributed by atoms with Crippen molar-refractivity contribution in [3.05, 3.63) is 106 Å². The number of nitrogens with one attached hydrogen (secondary N) is 2. The van der Waals surface area contributed by atoms with Crippen molar-refractivity contribution in [3.63, 3.8) is 0 Å². The number of amides is 1. The predicted octanol–water partition coefficient (Wildman–Crippen LogP) is 5.18. The predicted molar refractivity (Wildman–Crippen MR) is 138 cm³/mol. The van der Waals surface area contributed by atoms with Crippen molar-refractivity contribution >= 4 is 33.2 Å². The summed E-state index contributed by atoms with van der Waals surface area (Å²) in [5.74, 6) is 0.477. The zero-order valence-electron chi connectivity index (χ0n) is 19.5. The van der Waals surface area contributed by atoms with Crippen LogP contribution >= 0.6 is 11.6 Å². The molecule has 0 aliphatic carbocycles. The minimum atomic E-state index is -4.00. The molecule has 0 aliphatic rings. The average molecular weight is 509 g/mol. The van der Waals surface area contributed by atoms with E-state index in [1.807, 2.05) is 61.9 Å². The quantitative estimate of drug-likeness (QED) is 0.359. The van der Waals surface area contributed by atoms with Crippen molar-refractivity contribution in [3.8, 4) is 5.69 Å². The highest BCUT2D eigenvalue weighted by molar-refractivity contribution is 7.92. The Hall–Kier alpha value is -3.62. The van der Waals surface area contributed by atoms with Gasteiger partial charge in [-0.15, -0.1) is 0 Å². The van der Waals surface area contributed by atoms with E-state index in [2.05, 4.69) is 15.0 Å². The first kappa shape index (κ1) is 24.5.